The molecule has 1 fully saturated rings. The van der Waals surface area contributed by atoms with Gasteiger partial charge in [0.2, 0.25) is 5.88 Å². The number of aromatic nitrogens is 1. The molecule has 0 saturated carbocycles. The lowest BCUT2D eigenvalue weighted by molar-refractivity contribution is 0.122. The Kier molecular flexibility index (Phi) is 4.97. The van der Waals surface area contributed by atoms with Crippen LogP contribution in [0.5, 0.6) is 5.88 Å². The fraction of sp³-hybridized carbons (Fsp3) is 0.208. The highest BCUT2D eigenvalue weighted by atomic mass is 32.2. The van der Waals surface area contributed by atoms with Gasteiger partial charge in [0.25, 0.3) is 0 Å². The number of pyridine rings is 1. The summed E-state index contributed by atoms with van der Waals surface area (Å²) >= 11 is 3.63. The Morgan fingerprint density at radius 3 is 2.55 bits per heavy atom. The van der Waals surface area contributed by atoms with Crippen molar-refractivity contribution >= 4 is 35.1 Å². The number of anilines is 1. The molecular formula is C24H19N3O2S2. The minimum Gasteiger partial charge on any atom is -0.470 e. The van der Waals surface area contributed by atoms with Crippen molar-refractivity contribution in [2.75, 3.05) is 37.8 Å². The minimum atomic E-state index is 0.407. The predicted octanol–water partition coefficient (Wildman–Crippen LogP) is 5.15. The van der Waals surface area contributed by atoms with Crippen LogP contribution in [0.1, 0.15) is 0 Å². The lowest BCUT2D eigenvalue weighted by atomic mass is 10.1. The van der Waals surface area contributed by atoms with Crippen molar-refractivity contribution in [3.63, 3.8) is 0 Å². The summed E-state index contributed by atoms with van der Waals surface area (Å²) in [7, 11) is 0. The summed E-state index contributed by atoms with van der Waals surface area (Å²) in [4.78, 5) is 16.3. The summed E-state index contributed by atoms with van der Waals surface area (Å²) in [6.45, 7) is 3.60. The third-order valence-corrected chi connectivity index (χ3v) is 7.94. The molecule has 0 aliphatic carbocycles. The normalized spacial score (nSPS) is 16.4. The maximum Gasteiger partial charge on any atom is 0.216 e. The molecule has 31 heavy (non-hydrogen) atoms. The van der Waals surface area contributed by atoms with Gasteiger partial charge in [0.15, 0.2) is 0 Å². The van der Waals surface area contributed by atoms with Crippen molar-refractivity contribution in [2.24, 2.45) is 4.99 Å². The van der Waals surface area contributed by atoms with Gasteiger partial charge in [-0.1, -0.05) is 47.8 Å². The van der Waals surface area contributed by atoms with Crippen molar-refractivity contribution in [3.05, 3.63) is 60.3 Å². The Labute approximate surface area is 189 Å². The molecule has 6 rings (SSSR count). The largest absolute Gasteiger partial charge is 0.470 e. The molecule has 0 spiro atoms. The van der Waals surface area contributed by atoms with Crippen molar-refractivity contribution in [1.29, 1.82) is 0 Å². The average molecular weight is 446 g/mol. The Bertz CT molecular complexity index is 1230. The first-order valence-corrected chi connectivity index (χ1v) is 11.8. The summed E-state index contributed by atoms with van der Waals surface area (Å²) in [5.41, 5.74) is 4.02. The highest BCUT2D eigenvalue weighted by Crippen LogP contribution is 2.51. The number of nitrogens with zero attached hydrogens (tertiary/aromatic N) is 3. The molecule has 3 aliphatic rings. The lowest BCUT2D eigenvalue weighted by Gasteiger charge is -2.29. The third-order valence-electron chi connectivity index (χ3n) is 5.33. The van der Waals surface area contributed by atoms with Gasteiger partial charge in [-0.15, -0.1) is 0 Å². The summed E-state index contributed by atoms with van der Waals surface area (Å²) in [6.07, 6.45) is 0. The second kappa shape index (κ2) is 8.09. The molecule has 0 radical (unpaired) electrons. The Balaban J connectivity index is 1.41. The van der Waals surface area contributed by atoms with Crippen LogP contribution in [0.2, 0.25) is 0 Å². The van der Waals surface area contributed by atoms with Gasteiger partial charge >= 0.3 is 0 Å². The molecule has 1 aromatic heterocycles. The SMILES string of the molecule is C1=NC=1COc1cc(N2CCOCC2)cc(-c2cccc3c2Sc2ccccc2S3)n1. The first-order chi connectivity index (χ1) is 15.3. The van der Waals surface area contributed by atoms with Crippen molar-refractivity contribution in [2.45, 2.75) is 19.6 Å². The zero-order valence-electron chi connectivity index (χ0n) is 16.7. The highest BCUT2D eigenvalue weighted by molar-refractivity contribution is 8.05. The van der Waals surface area contributed by atoms with E-state index < -0.39 is 0 Å². The number of fused-ring (bicyclic) bond motifs is 2. The number of rotatable bonds is 5. The molecule has 0 amide bonds. The molecule has 0 atom stereocenters. The lowest BCUT2D eigenvalue weighted by Crippen LogP contribution is -2.36. The van der Waals surface area contributed by atoms with Crippen LogP contribution in [0.3, 0.4) is 0 Å². The van der Waals surface area contributed by atoms with Crippen LogP contribution in [0.25, 0.3) is 11.3 Å². The fourth-order valence-corrected chi connectivity index (χ4v) is 6.09. The van der Waals surface area contributed by atoms with Gasteiger partial charge in [-0.2, -0.15) is 4.99 Å². The smallest absolute Gasteiger partial charge is 0.216 e. The van der Waals surface area contributed by atoms with Crippen LogP contribution >= 0.6 is 23.5 Å². The number of hydrogen-bond donors (Lipinski definition) is 0. The van der Waals surface area contributed by atoms with E-state index >= 15 is 0 Å². The van der Waals surface area contributed by atoms with Gasteiger partial charge in [-0.25, -0.2) is 4.98 Å². The van der Waals surface area contributed by atoms with Gasteiger partial charge in [-0.05, 0) is 24.3 Å². The zero-order chi connectivity index (χ0) is 20.6. The van der Waals surface area contributed by atoms with E-state index in [1.54, 1.807) is 0 Å². The standard InChI is InChI=1S/C24H19N3O2S2/c1-2-6-21-20(5-1)30-22-7-3-4-18(24(22)31-21)19-12-17(27-8-10-28-11-9-27)13-23(26-19)29-15-16-14-25-16/h1-7,12-13H,8-11,15H2. The van der Waals surface area contributed by atoms with E-state index in [1.165, 1.54) is 19.6 Å². The Morgan fingerprint density at radius 2 is 1.74 bits per heavy atom. The predicted molar refractivity (Wildman–Crippen MR) is 124 cm³/mol. The van der Waals surface area contributed by atoms with Crippen LogP contribution in [0.4, 0.5) is 5.69 Å². The molecule has 0 unspecified atom stereocenters. The van der Waals surface area contributed by atoms with Gasteiger partial charge in [0.05, 0.1) is 18.9 Å². The van der Waals surface area contributed by atoms with Gasteiger partial charge in [0, 0.05) is 55.9 Å². The average Bonchev–Trinajstić information content (AvgIpc) is 3.66. The van der Waals surface area contributed by atoms with E-state index in [4.69, 9.17) is 14.5 Å². The number of aliphatic imine (C=N–C) groups is 1. The molecule has 1 saturated heterocycles. The summed E-state index contributed by atoms with van der Waals surface area (Å²) in [5, 5.41) is 0. The number of hydrogen-bond acceptors (Lipinski definition) is 7. The second-order valence-corrected chi connectivity index (χ2v) is 9.53. The van der Waals surface area contributed by atoms with E-state index in [1.807, 2.05) is 29.6 Å². The zero-order valence-corrected chi connectivity index (χ0v) is 18.3. The molecule has 154 valence electrons. The van der Waals surface area contributed by atoms with Crippen molar-refractivity contribution < 1.29 is 9.47 Å². The summed E-state index contributed by atoms with van der Waals surface area (Å²) in [6, 6.07) is 19.2. The Morgan fingerprint density at radius 1 is 0.968 bits per heavy atom. The first kappa shape index (κ1) is 19.0. The fourth-order valence-electron chi connectivity index (χ4n) is 3.70. The van der Waals surface area contributed by atoms with Gasteiger partial charge < -0.3 is 14.4 Å². The monoisotopic (exact) mass is 445 g/mol. The number of ether oxygens (including phenoxy) is 2. The molecule has 0 bridgehead atoms. The quantitative estimate of drug-likeness (QED) is 0.424. The maximum absolute atomic E-state index is 5.95. The van der Waals surface area contributed by atoms with Crippen LogP contribution in [0, 0.1) is 0 Å². The van der Waals surface area contributed by atoms with Crippen LogP contribution in [-0.4, -0.2) is 43.8 Å². The van der Waals surface area contributed by atoms with Gasteiger partial charge in [0.1, 0.15) is 12.3 Å². The molecule has 0 N–H and O–H groups in total. The van der Waals surface area contributed by atoms with Crippen LogP contribution in [0.15, 0.2) is 84.9 Å². The molecule has 5 nitrogen and oxygen atoms in total. The highest BCUT2D eigenvalue weighted by Gasteiger charge is 2.22. The molecule has 3 aliphatic heterocycles. The second-order valence-electron chi connectivity index (χ2n) is 7.39. The summed E-state index contributed by atoms with van der Waals surface area (Å²) < 4.78 is 11.5. The summed E-state index contributed by atoms with van der Waals surface area (Å²) in [5.74, 6) is 3.45. The third kappa shape index (κ3) is 3.98. The van der Waals surface area contributed by atoms with Crippen molar-refractivity contribution in [3.8, 4) is 17.1 Å². The van der Waals surface area contributed by atoms with Crippen LogP contribution < -0.4 is 9.64 Å². The van der Waals surface area contributed by atoms with Gasteiger partial charge in [-0.3, -0.25) is 0 Å². The molecule has 3 aromatic rings. The molecule has 2 aromatic carbocycles. The first-order valence-electron chi connectivity index (χ1n) is 10.2. The number of morpholine rings is 1. The number of benzene rings is 2. The molecular weight excluding hydrogens is 426 g/mol. The van der Waals surface area contributed by atoms with Crippen molar-refractivity contribution in [1.82, 2.24) is 4.98 Å². The minimum absolute atomic E-state index is 0.407. The van der Waals surface area contributed by atoms with E-state index in [2.05, 4.69) is 64.3 Å². The van der Waals surface area contributed by atoms with E-state index in [-0.39, 0.29) is 0 Å². The van der Waals surface area contributed by atoms with E-state index in [0.717, 1.165) is 48.9 Å². The van der Waals surface area contributed by atoms with E-state index in [0.29, 0.717) is 12.5 Å². The van der Waals surface area contributed by atoms with Crippen LogP contribution in [-0.2, 0) is 4.74 Å². The molecule has 4 heterocycles. The Hall–Kier alpha value is -2.70. The van der Waals surface area contributed by atoms with E-state index in [9.17, 15) is 0 Å². The topological polar surface area (TPSA) is 47.0 Å². The maximum atomic E-state index is 5.95. The molecule has 7 heteroatoms.